The number of hydrogen-bond donors (Lipinski definition) is 3. The van der Waals surface area contributed by atoms with Crippen LogP contribution in [-0.2, 0) is 11.4 Å². The van der Waals surface area contributed by atoms with Crippen molar-refractivity contribution in [3.63, 3.8) is 0 Å². The molecule has 1 saturated heterocycles. The third kappa shape index (κ3) is 6.58. The Labute approximate surface area is 192 Å². The number of hydrogen-bond acceptors (Lipinski definition) is 6. The highest BCUT2D eigenvalue weighted by Gasteiger charge is 2.24. The number of carbonyl (C=O) groups is 1. The summed E-state index contributed by atoms with van der Waals surface area (Å²) in [6, 6.07) is 9.96. The fourth-order valence-corrected chi connectivity index (χ4v) is 3.60. The van der Waals surface area contributed by atoms with Crippen LogP contribution >= 0.6 is 11.6 Å². The van der Waals surface area contributed by atoms with E-state index in [2.05, 4.69) is 28.1 Å². The second kappa shape index (κ2) is 11.7. The zero-order valence-corrected chi connectivity index (χ0v) is 18.9. The van der Waals surface area contributed by atoms with Crippen LogP contribution in [0.1, 0.15) is 44.2 Å². The first-order valence-corrected chi connectivity index (χ1v) is 11.0. The molecule has 0 aliphatic carbocycles. The molecule has 3 N–H and O–H groups in total. The van der Waals surface area contributed by atoms with Crippen molar-refractivity contribution in [1.29, 1.82) is 0 Å². The van der Waals surface area contributed by atoms with Gasteiger partial charge in [0.1, 0.15) is 12.4 Å². The first-order valence-electron chi connectivity index (χ1n) is 10.7. The van der Waals surface area contributed by atoms with Crippen LogP contribution < -0.4 is 25.5 Å². The summed E-state index contributed by atoms with van der Waals surface area (Å²) in [5.74, 6) is 0.552. The summed E-state index contributed by atoms with van der Waals surface area (Å²) in [5, 5.41) is 10.7. The maximum absolute atomic E-state index is 14.0. The van der Waals surface area contributed by atoms with E-state index in [0.29, 0.717) is 29.5 Å². The molecule has 0 spiro atoms. The third-order valence-electron chi connectivity index (χ3n) is 4.90. The molecule has 32 heavy (non-hydrogen) atoms. The lowest BCUT2D eigenvalue weighted by Crippen LogP contribution is -2.61. The maximum atomic E-state index is 14.0. The molecular formula is C23H28ClFN4O3. The lowest BCUT2D eigenvalue weighted by Gasteiger charge is -2.30. The number of hydrazone groups is 1. The van der Waals surface area contributed by atoms with E-state index in [1.165, 1.54) is 6.07 Å². The smallest absolute Gasteiger partial charge is 0.224 e. The van der Waals surface area contributed by atoms with Crippen LogP contribution in [0.3, 0.4) is 0 Å². The molecule has 0 saturated carbocycles. The molecule has 2 aromatic carbocycles. The molecule has 0 aromatic heterocycles. The van der Waals surface area contributed by atoms with Gasteiger partial charge in [-0.1, -0.05) is 31.0 Å². The van der Waals surface area contributed by atoms with E-state index in [9.17, 15) is 9.18 Å². The van der Waals surface area contributed by atoms with Gasteiger partial charge in [-0.3, -0.25) is 15.5 Å². The molecule has 2 atom stereocenters. The molecule has 0 bridgehead atoms. The predicted octanol–water partition coefficient (Wildman–Crippen LogP) is 3.94. The van der Waals surface area contributed by atoms with E-state index < -0.39 is 12.1 Å². The van der Waals surface area contributed by atoms with Crippen LogP contribution in [0.2, 0.25) is 5.02 Å². The lowest BCUT2D eigenvalue weighted by atomic mass is 10.1. The Bertz CT molecular complexity index is 937. The van der Waals surface area contributed by atoms with Gasteiger partial charge in [-0.2, -0.15) is 5.10 Å². The van der Waals surface area contributed by atoms with Crippen molar-refractivity contribution >= 4 is 23.7 Å². The molecule has 2 unspecified atom stereocenters. The topological polar surface area (TPSA) is 84.0 Å². The van der Waals surface area contributed by atoms with Gasteiger partial charge in [0, 0.05) is 18.0 Å². The zero-order chi connectivity index (χ0) is 22.9. The number of nitrogens with one attached hydrogen (secondary N) is 3. The van der Waals surface area contributed by atoms with E-state index in [0.717, 1.165) is 18.4 Å². The van der Waals surface area contributed by atoms with Gasteiger partial charge in [0.15, 0.2) is 17.8 Å². The third-order valence-corrected chi connectivity index (χ3v) is 5.25. The second-order valence-electron chi connectivity index (χ2n) is 7.37. The number of rotatable bonds is 10. The van der Waals surface area contributed by atoms with Crippen molar-refractivity contribution in [1.82, 2.24) is 16.1 Å². The normalized spacial score (nSPS) is 18.4. The molecule has 172 valence electrons. The molecular weight excluding hydrogens is 435 g/mol. The van der Waals surface area contributed by atoms with Crippen LogP contribution in [0.4, 0.5) is 4.39 Å². The minimum absolute atomic E-state index is 0.00927. The Balaban J connectivity index is 1.64. The molecule has 0 radical (unpaired) electrons. The molecule has 1 heterocycles. The van der Waals surface area contributed by atoms with Gasteiger partial charge in [-0.25, -0.2) is 4.39 Å². The monoisotopic (exact) mass is 462 g/mol. The van der Waals surface area contributed by atoms with Gasteiger partial charge in [-0.05, 0) is 49.2 Å². The van der Waals surface area contributed by atoms with Crippen LogP contribution in [0, 0.1) is 5.82 Å². The molecule has 1 aliphatic rings. The Morgan fingerprint density at radius 3 is 2.84 bits per heavy atom. The minimum Gasteiger partial charge on any atom is -0.490 e. The highest BCUT2D eigenvalue weighted by Crippen LogP contribution is 2.30. The fraction of sp³-hybridized carbons (Fsp3) is 0.391. The molecule has 9 heteroatoms. The highest BCUT2D eigenvalue weighted by atomic mass is 35.5. The molecule has 7 nitrogen and oxygen atoms in total. The van der Waals surface area contributed by atoms with Crippen molar-refractivity contribution < 1.29 is 18.7 Å². The number of amides is 1. The van der Waals surface area contributed by atoms with Gasteiger partial charge < -0.3 is 14.8 Å². The van der Waals surface area contributed by atoms with Gasteiger partial charge in [0.05, 0.1) is 17.8 Å². The minimum atomic E-state index is -0.427. The van der Waals surface area contributed by atoms with Crippen molar-refractivity contribution in [2.75, 3.05) is 6.61 Å². The van der Waals surface area contributed by atoms with E-state index >= 15 is 0 Å². The van der Waals surface area contributed by atoms with E-state index in [1.807, 2.05) is 6.92 Å². The second-order valence-corrected chi connectivity index (χ2v) is 7.78. The Hall–Kier alpha value is -2.84. The van der Waals surface area contributed by atoms with Crippen molar-refractivity contribution in [3.05, 3.63) is 58.4 Å². The van der Waals surface area contributed by atoms with Crippen LogP contribution in [0.15, 0.2) is 41.5 Å². The SMILES string of the molecule is CCCC1CC(=O)NC(N/N=C/c2ccc(OCc3c(F)cccc3Cl)c(OCC)c2)N1. The van der Waals surface area contributed by atoms with Gasteiger partial charge >= 0.3 is 0 Å². The number of ether oxygens (including phenoxy) is 2. The molecule has 3 rings (SSSR count). The average Bonchev–Trinajstić information content (AvgIpc) is 2.75. The summed E-state index contributed by atoms with van der Waals surface area (Å²) in [6.07, 6.45) is 3.58. The number of nitrogens with zero attached hydrogens (tertiary/aromatic N) is 1. The van der Waals surface area contributed by atoms with Gasteiger partial charge in [0.25, 0.3) is 0 Å². The van der Waals surface area contributed by atoms with Crippen molar-refractivity contribution in [3.8, 4) is 11.5 Å². The summed E-state index contributed by atoms with van der Waals surface area (Å²) in [4.78, 5) is 11.8. The maximum Gasteiger partial charge on any atom is 0.224 e. The number of halogens is 2. The predicted molar refractivity (Wildman–Crippen MR) is 122 cm³/mol. The first kappa shape index (κ1) is 23.8. The summed E-state index contributed by atoms with van der Waals surface area (Å²) in [7, 11) is 0. The zero-order valence-electron chi connectivity index (χ0n) is 18.2. The van der Waals surface area contributed by atoms with E-state index in [4.69, 9.17) is 21.1 Å². The van der Waals surface area contributed by atoms with Gasteiger partial charge in [-0.15, -0.1) is 0 Å². The van der Waals surface area contributed by atoms with Gasteiger partial charge in [0.2, 0.25) is 5.91 Å². The largest absolute Gasteiger partial charge is 0.490 e. The van der Waals surface area contributed by atoms with Crippen LogP contribution in [-0.4, -0.2) is 31.1 Å². The number of benzene rings is 2. The van der Waals surface area contributed by atoms with Crippen molar-refractivity contribution in [2.24, 2.45) is 5.10 Å². The van der Waals surface area contributed by atoms with Crippen LogP contribution in [0.25, 0.3) is 0 Å². The summed E-state index contributed by atoms with van der Waals surface area (Å²) < 4.78 is 25.4. The molecule has 1 amide bonds. The highest BCUT2D eigenvalue weighted by molar-refractivity contribution is 6.31. The fourth-order valence-electron chi connectivity index (χ4n) is 3.38. The molecule has 1 aliphatic heterocycles. The summed E-state index contributed by atoms with van der Waals surface area (Å²) in [6.45, 7) is 4.37. The quantitative estimate of drug-likeness (QED) is 0.368. The lowest BCUT2D eigenvalue weighted by molar-refractivity contribution is -0.124. The van der Waals surface area contributed by atoms with Crippen molar-refractivity contribution in [2.45, 2.75) is 52.0 Å². The average molecular weight is 463 g/mol. The molecule has 2 aromatic rings. The van der Waals surface area contributed by atoms with E-state index in [1.54, 1.807) is 36.5 Å². The molecule has 1 fully saturated rings. The van der Waals surface area contributed by atoms with E-state index in [-0.39, 0.29) is 24.1 Å². The summed E-state index contributed by atoms with van der Waals surface area (Å²) >= 11 is 6.07. The Morgan fingerprint density at radius 2 is 2.09 bits per heavy atom. The standard InChI is InChI=1S/C23H28ClFN4O3/c1-3-6-16-12-22(30)28-23(27-16)29-26-13-15-9-10-20(21(11-15)31-4-2)32-14-17-18(24)7-5-8-19(17)25/h5,7-11,13,16,23,27,29H,3-4,6,12,14H2,1-2H3,(H,28,30)/b26-13+. The number of carbonyl (C=O) groups excluding carboxylic acids is 1. The first-order chi connectivity index (χ1) is 15.5. The van der Waals surface area contributed by atoms with Crippen LogP contribution in [0.5, 0.6) is 11.5 Å². The Morgan fingerprint density at radius 1 is 1.25 bits per heavy atom. The Kier molecular flexibility index (Phi) is 8.70. The summed E-state index contributed by atoms with van der Waals surface area (Å²) in [5.41, 5.74) is 3.97.